The molecule has 0 spiro atoms. The molecule has 0 amide bonds. The number of hydrogen-bond donors (Lipinski definition) is 2. The molecular weight excluding hydrogens is 328 g/mol. The Morgan fingerprint density at radius 3 is 1.81 bits per heavy atom. The van der Waals surface area contributed by atoms with Gasteiger partial charge in [-0.25, -0.2) is 0 Å². The number of phenols is 2. The highest BCUT2D eigenvalue weighted by molar-refractivity contribution is 9.10. The van der Waals surface area contributed by atoms with Crippen LogP contribution >= 0.6 is 15.9 Å². The summed E-state index contributed by atoms with van der Waals surface area (Å²) in [5, 5.41) is 19.8. The maximum atomic E-state index is 9.91. The van der Waals surface area contributed by atoms with Gasteiger partial charge >= 0.3 is 0 Å². The summed E-state index contributed by atoms with van der Waals surface area (Å²) in [6, 6.07) is 20.5. The molecule has 0 bridgehead atoms. The van der Waals surface area contributed by atoms with Crippen molar-refractivity contribution in [3.05, 3.63) is 71.2 Å². The second kappa shape index (κ2) is 5.62. The summed E-state index contributed by atoms with van der Waals surface area (Å²) in [5.74, 6) is 0.146. The summed E-state index contributed by atoms with van der Waals surface area (Å²) in [5.41, 5.74) is 3.41. The highest BCUT2D eigenvalue weighted by Gasteiger charge is 2.10. The lowest BCUT2D eigenvalue weighted by atomic mass is 9.99. The first-order valence-corrected chi connectivity index (χ1v) is 7.32. The number of aromatic hydroxyl groups is 2. The Labute approximate surface area is 131 Å². The molecule has 3 rings (SSSR count). The zero-order chi connectivity index (χ0) is 14.8. The van der Waals surface area contributed by atoms with Crippen LogP contribution in [0.3, 0.4) is 0 Å². The predicted molar refractivity (Wildman–Crippen MR) is 88.3 cm³/mol. The highest BCUT2D eigenvalue weighted by Crippen LogP contribution is 2.38. The van der Waals surface area contributed by atoms with Crippen molar-refractivity contribution in [3.63, 3.8) is 0 Å². The zero-order valence-corrected chi connectivity index (χ0v) is 12.7. The Hall–Kier alpha value is -2.26. The van der Waals surface area contributed by atoms with Crippen molar-refractivity contribution in [1.82, 2.24) is 0 Å². The van der Waals surface area contributed by atoms with Crippen molar-refractivity contribution in [1.29, 1.82) is 0 Å². The second-order valence-electron chi connectivity index (χ2n) is 4.73. The number of benzene rings is 3. The van der Waals surface area contributed by atoms with Gasteiger partial charge in [-0.05, 0) is 34.9 Å². The van der Waals surface area contributed by atoms with E-state index in [1.54, 1.807) is 18.2 Å². The molecule has 0 radical (unpaired) electrons. The Balaban J connectivity index is 2.04. The molecule has 3 aromatic carbocycles. The van der Waals surface area contributed by atoms with Crippen LogP contribution in [0.15, 0.2) is 71.2 Å². The normalized spacial score (nSPS) is 10.5. The smallest absolute Gasteiger partial charge is 0.127 e. The molecule has 0 fully saturated rings. The Morgan fingerprint density at radius 2 is 1.19 bits per heavy atom. The average molecular weight is 341 g/mol. The molecular formula is C18H13BrO2. The van der Waals surface area contributed by atoms with Crippen LogP contribution in [-0.2, 0) is 0 Å². The van der Waals surface area contributed by atoms with Gasteiger partial charge in [0.2, 0.25) is 0 Å². The molecule has 0 aliphatic carbocycles. The lowest BCUT2D eigenvalue weighted by Gasteiger charge is -2.09. The Morgan fingerprint density at radius 1 is 0.619 bits per heavy atom. The molecule has 104 valence electrons. The van der Waals surface area contributed by atoms with Gasteiger partial charge in [-0.2, -0.15) is 0 Å². The summed E-state index contributed by atoms with van der Waals surface area (Å²) >= 11 is 3.54. The van der Waals surface area contributed by atoms with Gasteiger partial charge in [0, 0.05) is 4.47 Å². The van der Waals surface area contributed by atoms with Gasteiger partial charge in [0.25, 0.3) is 0 Å². The molecule has 0 unspecified atom stereocenters. The fourth-order valence-corrected chi connectivity index (χ4v) is 2.85. The standard InChI is InChI=1S/C18H13BrO2/c19-15-5-2-1-4-14(15)12-8-10-13(11-9-12)18-16(20)6-3-7-17(18)21/h1-11,20-21H. The van der Waals surface area contributed by atoms with E-state index in [2.05, 4.69) is 15.9 Å². The minimum atomic E-state index is 0.0728. The van der Waals surface area contributed by atoms with Crippen LogP contribution in [-0.4, -0.2) is 10.2 Å². The summed E-state index contributed by atoms with van der Waals surface area (Å²) < 4.78 is 1.03. The maximum Gasteiger partial charge on any atom is 0.127 e. The molecule has 21 heavy (non-hydrogen) atoms. The fourth-order valence-electron chi connectivity index (χ4n) is 2.34. The molecule has 0 saturated carbocycles. The number of phenolic OH excluding ortho intramolecular Hbond substituents is 2. The van der Waals surface area contributed by atoms with Crippen LogP contribution in [0.5, 0.6) is 11.5 Å². The monoisotopic (exact) mass is 340 g/mol. The quantitative estimate of drug-likeness (QED) is 0.673. The molecule has 3 heteroatoms. The van der Waals surface area contributed by atoms with Crippen molar-refractivity contribution in [3.8, 4) is 33.8 Å². The Kier molecular flexibility index (Phi) is 3.67. The van der Waals surface area contributed by atoms with Gasteiger partial charge < -0.3 is 10.2 Å². The van der Waals surface area contributed by atoms with Crippen LogP contribution in [0.1, 0.15) is 0 Å². The lowest BCUT2D eigenvalue weighted by molar-refractivity contribution is 0.454. The molecule has 0 atom stereocenters. The van der Waals surface area contributed by atoms with Gasteiger partial charge in [-0.3, -0.25) is 0 Å². The molecule has 0 aromatic heterocycles. The molecule has 0 aliphatic rings. The largest absolute Gasteiger partial charge is 0.507 e. The highest BCUT2D eigenvalue weighted by atomic mass is 79.9. The molecule has 0 saturated heterocycles. The van der Waals surface area contributed by atoms with Crippen LogP contribution in [0.4, 0.5) is 0 Å². The number of hydrogen-bond acceptors (Lipinski definition) is 2. The summed E-state index contributed by atoms with van der Waals surface area (Å²) in [6.45, 7) is 0. The van der Waals surface area contributed by atoms with Crippen LogP contribution in [0.2, 0.25) is 0 Å². The van der Waals surface area contributed by atoms with E-state index in [0.29, 0.717) is 5.56 Å². The third kappa shape index (κ3) is 2.65. The summed E-state index contributed by atoms with van der Waals surface area (Å²) in [4.78, 5) is 0. The van der Waals surface area contributed by atoms with E-state index in [1.807, 2.05) is 48.5 Å². The van der Waals surface area contributed by atoms with E-state index in [-0.39, 0.29) is 11.5 Å². The first kappa shape index (κ1) is 13.7. The zero-order valence-electron chi connectivity index (χ0n) is 11.1. The van der Waals surface area contributed by atoms with Crippen molar-refractivity contribution >= 4 is 15.9 Å². The number of rotatable bonds is 2. The van der Waals surface area contributed by atoms with Crippen LogP contribution in [0.25, 0.3) is 22.3 Å². The Bertz CT molecular complexity index is 759. The van der Waals surface area contributed by atoms with Gasteiger partial charge in [-0.15, -0.1) is 0 Å². The minimum absolute atomic E-state index is 0.0728. The molecule has 2 nitrogen and oxygen atoms in total. The van der Waals surface area contributed by atoms with Gasteiger partial charge in [0.15, 0.2) is 0 Å². The van der Waals surface area contributed by atoms with Crippen molar-refractivity contribution in [2.24, 2.45) is 0 Å². The maximum absolute atomic E-state index is 9.91. The van der Waals surface area contributed by atoms with E-state index in [4.69, 9.17) is 0 Å². The average Bonchev–Trinajstić information content (AvgIpc) is 2.48. The van der Waals surface area contributed by atoms with E-state index in [9.17, 15) is 10.2 Å². The van der Waals surface area contributed by atoms with Gasteiger partial charge in [0.1, 0.15) is 11.5 Å². The second-order valence-corrected chi connectivity index (χ2v) is 5.58. The predicted octanol–water partition coefficient (Wildman–Crippen LogP) is 5.19. The van der Waals surface area contributed by atoms with Crippen molar-refractivity contribution in [2.45, 2.75) is 0 Å². The van der Waals surface area contributed by atoms with Crippen LogP contribution in [0, 0.1) is 0 Å². The van der Waals surface area contributed by atoms with Crippen LogP contribution < -0.4 is 0 Å². The third-order valence-corrected chi connectivity index (χ3v) is 4.07. The van der Waals surface area contributed by atoms with E-state index in [1.165, 1.54) is 0 Å². The van der Waals surface area contributed by atoms with E-state index in [0.717, 1.165) is 21.2 Å². The summed E-state index contributed by atoms with van der Waals surface area (Å²) in [6.07, 6.45) is 0. The minimum Gasteiger partial charge on any atom is -0.507 e. The van der Waals surface area contributed by atoms with Gasteiger partial charge in [-0.1, -0.05) is 64.5 Å². The number of halogens is 1. The molecule has 2 N–H and O–H groups in total. The van der Waals surface area contributed by atoms with Crippen molar-refractivity contribution in [2.75, 3.05) is 0 Å². The first-order valence-electron chi connectivity index (χ1n) is 6.53. The van der Waals surface area contributed by atoms with Gasteiger partial charge in [0.05, 0.1) is 5.56 Å². The lowest BCUT2D eigenvalue weighted by Crippen LogP contribution is -1.83. The van der Waals surface area contributed by atoms with E-state index < -0.39 is 0 Å². The first-order chi connectivity index (χ1) is 10.2. The molecule has 3 aromatic rings. The SMILES string of the molecule is Oc1cccc(O)c1-c1ccc(-c2ccccc2Br)cc1. The van der Waals surface area contributed by atoms with Crippen molar-refractivity contribution < 1.29 is 10.2 Å². The molecule has 0 aliphatic heterocycles. The molecule has 0 heterocycles. The topological polar surface area (TPSA) is 40.5 Å². The summed E-state index contributed by atoms with van der Waals surface area (Å²) in [7, 11) is 0. The third-order valence-electron chi connectivity index (χ3n) is 3.38. The van der Waals surface area contributed by atoms with E-state index >= 15 is 0 Å². The fraction of sp³-hybridized carbons (Fsp3) is 0.